The molecule has 0 fully saturated rings. The number of hydrogen-bond donors (Lipinski definition) is 2. The van der Waals surface area contributed by atoms with Gasteiger partial charge in [0.25, 0.3) is 0 Å². The fourth-order valence-electron chi connectivity index (χ4n) is 1.37. The van der Waals surface area contributed by atoms with E-state index in [9.17, 15) is 4.79 Å². The van der Waals surface area contributed by atoms with Crippen molar-refractivity contribution in [3.05, 3.63) is 35.4 Å². The number of carbonyl (C=O) groups is 1. The molecule has 0 aliphatic heterocycles. The summed E-state index contributed by atoms with van der Waals surface area (Å²) in [6.45, 7) is 4.32. The lowest BCUT2D eigenvalue weighted by Gasteiger charge is -2.08. The number of carboxylic acid groups (broad SMARTS) is 1. The maximum atomic E-state index is 10.5. The lowest BCUT2D eigenvalue weighted by Crippen LogP contribution is -2.32. The average molecular weight is 253 g/mol. The highest BCUT2D eigenvalue weighted by Gasteiger charge is 2.10. The smallest absolute Gasteiger partial charge is 0.321 e. The van der Waals surface area contributed by atoms with Gasteiger partial charge in [-0.3, -0.25) is 4.79 Å². The SMILES string of the molecule is CC(C)c1ccc(CSCC(N)C(=O)O)cc1. The van der Waals surface area contributed by atoms with E-state index in [-0.39, 0.29) is 0 Å². The molecule has 0 aromatic heterocycles. The lowest BCUT2D eigenvalue weighted by atomic mass is 10.0. The first-order chi connectivity index (χ1) is 8.00. The molecule has 0 spiro atoms. The molecule has 0 saturated heterocycles. The molecule has 4 heteroatoms. The summed E-state index contributed by atoms with van der Waals surface area (Å²) in [5, 5.41) is 8.64. The summed E-state index contributed by atoms with van der Waals surface area (Å²) in [6, 6.07) is 7.66. The molecular formula is C13H19NO2S. The van der Waals surface area contributed by atoms with Crippen LogP contribution in [0.4, 0.5) is 0 Å². The zero-order valence-corrected chi connectivity index (χ0v) is 11.0. The van der Waals surface area contributed by atoms with Crippen molar-refractivity contribution in [3.8, 4) is 0 Å². The number of rotatable bonds is 6. The molecule has 0 radical (unpaired) electrons. The first kappa shape index (κ1) is 14.1. The van der Waals surface area contributed by atoms with E-state index in [2.05, 4.69) is 38.1 Å². The third-order valence-corrected chi connectivity index (χ3v) is 3.66. The summed E-state index contributed by atoms with van der Waals surface area (Å²) >= 11 is 1.55. The van der Waals surface area contributed by atoms with Crippen LogP contribution in [0.1, 0.15) is 30.9 Å². The van der Waals surface area contributed by atoms with Gasteiger partial charge < -0.3 is 10.8 Å². The Balaban J connectivity index is 2.40. The highest BCUT2D eigenvalue weighted by Crippen LogP contribution is 2.18. The lowest BCUT2D eigenvalue weighted by molar-refractivity contribution is -0.137. The molecule has 0 amide bonds. The van der Waals surface area contributed by atoms with Gasteiger partial charge in [0.1, 0.15) is 6.04 Å². The standard InChI is InChI=1S/C13H19NO2S/c1-9(2)11-5-3-10(4-6-11)7-17-8-12(14)13(15)16/h3-6,9,12H,7-8,14H2,1-2H3,(H,15,16). The van der Waals surface area contributed by atoms with E-state index in [1.54, 1.807) is 11.8 Å². The average Bonchev–Trinajstić information content (AvgIpc) is 2.29. The fraction of sp³-hybridized carbons (Fsp3) is 0.462. The molecule has 1 atom stereocenters. The van der Waals surface area contributed by atoms with Gasteiger partial charge in [-0.1, -0.05) is 38.1 Å². The molecule has 17 heavy (non-hydrogen) atoms. The van der Waals surface area contributed by atoms with Crippen molar-refractivity contribution in [2.24, 2.45) is 5.73 Å². The fourth-order valence-corrected chi connectivity index (χ4v) is 2.32. The summed E-state index contributed by atoms with van der Waals surface area (Å²) in [5.41, 5.74) is 7.95. The van der Waals surface area contributed by atoms with Crippen LogP contribution in [-0.2, 0) is 10.5 Å². The number of hydrogen-bond acceptors (Lipinski definition) is 3. The van der Waals surface area contributed by atoms with Crippen molar-refractivity contribution in [2.75, 3.05) is 5.75 Å². The van der Waals surface area contributed by atoms with Gasteiger partial charge in [-0.2, -0.15) is 11.8 Å². The molecule has 0 heterocycles. The molecule has 94 valence electrons. The van der Waals surface area contributed by atoms with Gasteiger partial charge in [-0.25, -0.2) is 0 Å². The van der Waals surface area contributed by atoms with E-state index in [4.69, 9.17) is 10.8 Å². The van der Waals surface area contributed by atoms with Gasteiger partial charge in [0.05, 0.1) is 0 Å². The molecular weight excluding hydrogens is 234 g/mol. The molecule has 0 aliphatic carbocycles. The molecule has 3 N–H and O–H groups in total. The number of nitrogens with two attached hydrogens (primary N) is 1. The van der Waals surface area contributed by atoms with Crippen LogP contribution in [0.2, 0.25) is 0 Å². The summed E-state index contributed by atoms with van der Waals surface area (Å²) < 4.78 is 0. The second kappa shape index (κ2) is 6.67. The van der Waals surface area contributed by atoms with E-state index in [0.29, 0.717) is 11.7 Å². The summed E-state index contributed by atoms with van der Waals surface area (Å²) in [4.78, 5) is 10.5. The summed E-state index contributed by atoms with van der Waals surface area (Å²) in [5.74, 6) is 0.852. The minimum atomic E-state index is -0.937. The Morgan fingerprint density at radius 2 is 1.94 bits per heavy atom. The maximum Gasteiger partial charge on any atom is 0.321 e. The Morgan fingerprint density at radius 1 is 1.35 bits per heavy atom. The molecule has 0 bridgehead atoms. The third kappa shape index (κ3) is 4.79. The second-order valence-electron chi connectivity index (χ2n) is 4.36. The van der Waals surface area contributed by atoms with Crippen molar-refractivity contribution >= 4 is 17.7 Å². The minimum Gasteiger partial charge on any atom is -0.480 e. The monoisotopic (exact) mass is 253 g/mol. The van der Waals surface area contributed by atoms with Crippen molar-refractivity contribution in [3.63, 3.8) is 0 Å². The largest absolute Gasteiger partial charge is 0.480 e. The van der Waals surface area contributed by atoms with Crippen molar-refractivity contribution in [2.45, 2.75) is 31.6 Å². The van der Waals surface area contributed by atoms with E-state index in [1.807, 2.05) is 0 Å². The van der Waals surface area contributed by atoms with Crippen LogP contribution in [0.25, 0.3) is 0 Å². The molecule has 1 rings (SSSR count). The maximum absolute atomic E-state index is 10.5. The van der Waals surface area contributed by atoms with Gasteiger partial charge in [0, 0.05) is 11.5 Å². The number of thioether (sulfide) groups is 1. The number of benzene rings is 1. The Hall–Kier alpha value is -1.00. The number of aliphatic carboxylic acids is 1. The van der Waals surface area contributed by atoms with Gasteiger partial charge in [0.15, 0.2) is 0 Å². The van der Waals surface area contributed by atoms with E-state index < -0.39 is 12.0 Å². The highest BCUT2D eigenvalue weighted by atomic mass is 32.2. The van der Waals surface area contributed by atoms with Crippen LogP contribution < -0.4 is 5.73 Å². The Bertz CT molecular complexity index is 362. The quantitative estimate of drug-likeness (QED) is 0.817. The topological polar surface area (TPSA) is 63.3 Å². The minimum absolute atomic E-state index is 0.446. The van der Waals surface area contributed by atoms with Crippen LogP contribution in [-0.4, -0.2) is 22.9 Å². The molecule has 0 saturated carbocycles. The Labute approximate surface area is 106 Å². The van der Waals surface area contributed by atoms with Crippen LogP contribution in [0, 0.1) is 0 Å². The first-order valence-corrected chi connectivity index (χ1v) is 6.81. The number of carboxylic acids is 1. The Morgan fingerprint density at radius 3 is 2.41 bits per heavy atom. The van der Waals surface area contributed by atoms with E-state index >= 15 is 0 Å². The molecule has 0 aliphatic rings. The van der Waals surface area contributed by atoms with Crippen molar-refractivity contribution < 1.29 is 9.90 Å². The second-order valence-corrected chi connectivity index (χ2v) is 5.39. The van der Waals surface area contributed by atoms with Gasteiger partial charge >= 0.3 is 5.97 Å². The Kier molecular flexibility index (Phi) is 5.51. The van der Waals surface area contributed by atoms with E-state index in [0.717, 1.165) is 5.75 Å². The van der Waals surface area contributed by atoms with Crippen LogP contribution in [0.3, 0.4) is 0 Å². The van der Waals surface area contributed by atoms with E-state index in [1.165, 1.54) is 11.1 Å². The summed E-state index contributed by atoms with van der Waals surface area (Å²) in [7, 11) is 0. The van der Waals surface area contributed by atoms with Crippen LogP contribution in [0.5, 0.6) is 0 Å². The molecule has 3 nitrogen and oxygen atoms in total. The van der Waals surface area contributed by atoms with Gasteiger partial charge in [0.2, 0.25) is 0 Å². The predicted molar refractivity (Wildman–Crippen MR) is 72.3 cm³/mol. The molecule has 1 aromatic carbocycles. The van der Waals surface area contributed by atoms with Crippen molar-refractivity contribution in [1.82, 2.24) is 0 Å². The third-order valence-electron chi connectivity index (χ3n) is 2.53. The zero-order chi connectivity index (χ0) is 12.8. The predicted octanol–water partition coefficient (Wildman–Crippen LogP) is 2.46. The van der Waals surface area contributed by atoms with Gasteiger partial charge in [-0.05, 0) is 17.0 Å². The molecule has 1 unspecified atom stereocenters. The van der Waals surface area contributed by atoms with Gasteiger partial charge in [-0.15, -0.1) is 0 Å². The highest BCUT2D eigenvalue weighted by molar-refractivity contribution is 7.98. The summed E-state index contributed by atoms with van der Waals surface area (Å²) in [6.07, 6.45) is 0. The van der Waals surface area contributed by atoms with Crippen LogP contribution in [0.15, 0.2) is 24.3 Å². The molecule has 1 aromatic rings. The van der Waals surface area contributed by atoms with Crippen LogP contribution >= 0.6 is 11.8 Å². The first-order valence-electron chi connectivity index (χ1n) is 5.65. The zero-order valence-electron chi connectivity index (χ0n) is 10.2. The van der Waals surface area contributed by atoms with Crippen molar-refractivity contribution in [1.29, 1.82) is 0 Å². The normalized spacial score (nSPS) is 12.7.